The van der Waals surface area contributed by atoms with Gasteiger partial charge < -0.3 is 20.2 Å². The van der Waals surface area contributed by atoms with E-state index in [0.29, 0.717) is 71.7 Å². The van der Waals surface area contributed by atoms with Crippen LogP contribution in [0.15, 0.2) is 36.3 Å². The predicted octanol–water partition coefficient (Wildman–Crippen LogP) is 6.35. The van der Waals surface area contributed by atoms with Gasteiger partial charge in [-0.2, -0.15) is 16.2 Å². The number of alkyl halides is 2. The molecule has 0 aromatic carbocycles. The normalized spacial score (nSPS) is 12.9. The number of aryl methyl sites for hydroxylation is 1. The van der Waals surface area contributed by atoms with Gasteiger partial charge in [0.25, 0.3) is 0 Å². The van der Waals surface area contributed by atoms with E-state index < -0.39 is 5.92 Å². The van der Waals surface area contributed by atoms with Crippen molar-refractivity contribution in [2.75, 3.05) is 18.5 Å². The van der Waals surface area contributed by atoms with E-state index in [0.717, 1.165) is 12.5 Å². The molecule has 0 atom stereocenters. The number of hydrogen-bond acceptors (Lipinski definition) is 8. The summed E-state index contributed by atoms with van der Waals surface area (Å²) in [5.74, 6) is 0.0373. The molecule has 0 fully saturated rings. The average molecular weight is 789 g/mol. The molecule has 1 aliphatic heterocycles. The molecule has 2 N–H and O–H groups in total. The fourth-order valence-electron chi connectivity index (χ4n) is 3.17. The van der Waals surface area contributed by atoms with Gasteiger partial charge in [-0.1, -0.05) is 45.4 Å². The van der Waals surface area contributed by atoms with Gasteiger partial charge in [0, 0.05) is 25.7 Å². The molecule has 0 spiro atoms. The third kappa shape index (κ3) is 11.9. The molecule has 0 saturated heterocycles. The van der Waals surface area contributed by atoms with Gasteiger partial charge in [0.2, 0.25) is 5.88 Å². The maximum absolute atomic E-state index is 10.9. The van der Waals surface area contributed by atoms with Crippen LogP contribution >= 0.6 is 0 Å². The summed E-state index contributed by atoms with van der Waals surface area (Å²) in [6, 6.07) is 3.53. The topological polar surface area (TPSA) is 111 Å². The number of nitrogens with one attached hydrogen (secondary N) is 2. The van der Waals surface area contributed by atoms with Gasteiger partial charge >= 0.3 is 31.1 Å². The van der Waals surface area contributed by atoms with Gasteiger partial charge in [-0.05, 0) is 19.2 Å². The molecule has 9 nitrogen and oxygen atoms in total. The SMILES string of the molecule is CCCC.[B]C/C(C)=C(/[C-]=N)c1cnc2cc1OCCCOc1c(cnn1C)-c1nccc(n1)N2.[CH2-]C(C)(F)F.[U+2]. The first kappa shape index (κ1) is 36.3. The van der Waals surface area contributed by atoms with Crippen LogP contribution < -0.4 is 14.8 Å². The van der Waals surface area contributed by atoms with Crippen LogP contribution in [0.25, 0.3) is 17.0 Å². The van der Waals surface area contributed by atoms with Gasteiger partial charge in [-0.15, -0.1) is 6.32 Å². The summed E-state index contributed by atoms with van der Waals surface area (Å²) in [5.41, 5.74) is 2.76. The summed E-state index contributed by atoms with van der Waals surface area (Å²) >= 11 is 0. The summed E-state index contributed by atoms with van der Waals surface area (Å²) in [5, 5.41) is 15.2. The number of allylic oxidation sites excluding steroid dienone is 2. The van der Waals surface area contributed by atoms with Gasteiger partial charge in [-0.25, -0.2) is 23.4 Å². The molecule has 4 bridgehead atoms. The first-order valence-electron chi connectivity index (χ1n) is 13.0. The Hall–Kier alpha value is -2.77. The van der Waals surface area contributed by atoms with E-state index in [2.05, 4.69) is 52.4 Å². The molecule has 0 unspecified atom stereocenters. The second-order valence-electron chi connectivity index (χ2n) is 9.05. The number of aromatic nitrogens is 5. The number of nitrogens with zero attached hydrogens (tertiary/aromatic N) is 5. The molecule has 0 aliphatic carbocycles. The molecule has 13 heteroatoms. The zero-order valence-corrected chi connectivity index (χ0v) is 28.4. The number of unbranched alkanes of at least 4 members (excludes halogenated alkanes) is 1. The number of fused-ring (bicyclic) bond motifs is 6. The van der Waals surface area contributed by atoms with E-state index in [9.17, 15) is 8.78 Å². The third-order valence-corrected chi connectivity index (χ3v) is 5.32. The van der Waals surface area contributed by atoms with Crippen molar-refractivity contribution in [2.45, 2.75) is 59.2 Å². The van der Waals surface area contributed by atoms with Crippen molar-refractivity contribution >= 4 is 31.3 Å². The zero-order chi connectivity index (χ0) is 29.7. The number of rotatable bonds is 4. The Balaban J connectivity index is 0.000000736. The summed E-state index contributed by atoms with van der Waals surface area (Å²) in [4.78, 5) is 13.4. The second kappa shape index (κ2) is 17.9. The average Bonchev–Trinajstić information content (AvgIpc) is 3.28. The summed E-state index contributed by atoms with van der Waals surface area (Å²) in [7, 11) is 7.59. The molecule has 41 heavy (non-hydrogen) atoms. The summed E-state index contributed by atoms with van der Waals surface area (Å²) < 4.78 is 35.5. The standard InChI is InChI=1S/C21H21BN7O2.C4H10.C3H5F2.U/c1-13(9-22)14(10-23)15-11-25-19-8-17(15)30-6-3-7-31-21-16(12-26-29(21)2)20-24-5-4-18(27-19)28-20;1-3-4-2;1-3(2,4)5;/h4-5,8,11-12,23H,3,6-7,9H2,1-2H3,(H,24,25,27,28);3-4H2,1-2H3;1H2,2H3;/q-1;;-1;+2/b14-13-;;;. The quantitative estimate of drug-likeness (QED) is 0.180. The Morgan fingerprint density at radius 2 is 1.85 bits per heavy atom. The van der Waals surface area contributed by atoms with Crippen LogP contribution in [0.5, 0.6) is 11.6 Å². The van der Waals surface area contributed by atoms with Gasteiger partial charge in [-0.3, -0.25) is 11.9 Å². The second-order valence-corrected chi connectivity index (χ2v) is 9.05. The summed E-state index contributed by atoms with van der Waals surface area (Å²) in [6.07, 6.45) is 11.0. The van der Waals surface area contributed by atoms with Gasteiger partial charge in [0.15, 0.2) is 5.82 Å². The monoisotopic (exact) mass is 789 g/mol. The molecule has 216 valence electrons. The van der Waals surface area contributed by atoms with Crippen LogP contribution in [0, 0.1) is 43.4 Å². The van der Waals surface area contributed by atoms with E-state index in [1.165, 1.54) is 12.8 Å². The van der Waals surface area contributed by atoms with Crippen molar-refractivity contribution in [1.82, 2.24) is 24.7 Å². The Kier molecular flexibility index (Phi) is 15.8. The van der Waals surface area contributed by atoms with Crippen LogP contribution in [-0.2, 0) is 7.05 Å². The Bertz CT molecular complexity index is 1270. The van der Waals surface area contributed by atoms with Crippen molar-refractivity contribution in [3.8, 4) is 23.0 Å². The van der Waals surface area contributed by atoms with Crippen LogP contribution in [-0.4, -0.2) is 57.9 Å². The maximum atomic E-state index is 10.9. The Morgan fingerprint density at radius 1 is 1.20 bits per heavy atom. The minimum absolute atomic E-state index is 0. The number of anilines is 2. The molecule has 4 heterocycles. The van der Waals surface area contributed by atoms with Crippen molar-refractivity contribution in [1.29, 1.82) is 5.41 Å². The van der Waals surface area contributed by atoms with Crippen LogP contribution in [0.4, 0.5) is 20.4 Å². The largest absolute Gasteiger partial charge is 2.00 e. The van der Waals surface area contributed by atoms with Crippen molar-refractivity contribution in [3.63, 3.8) is 0 Å². The van der Waals surface area contributed by atoms with Crippen LogP contribution in [0.3, 0.4) is 0 Å². The van der Waals surface area contributed by atoms with E-state index in [-0.39, 0.29) is 31.1 Å². The molecule has 0 amide bonds. The molecule has 3 aromatic heterocycles. The minimum Gasteiger partial charge on any atom is -0.505 e. The number of hydrogen-bond donors (Lipinski definition) is 2. The fourth-order valence-corrected chi connectivity index (χ4v) is 3.17. The maximum Gasteiger partial charge on any atom is 2.00 e. The molecule has 3 aromatic rings. The molecular formula is C28H36BF2N7O2U. The molecule has 2 radical (unpaired) electrons. The summed E-state index contributed by atoms with van der Waals surface area (Å²) in [6.45, 7) is 10.2. The molecule has 0 saturated carbocycles. The smallest absolute Gasteiger partial charge is 0.505 e. The van der Waals surface area contributed by atoms with Gasteiger partial charge in [0.05, 0.1) is 33.0 Å². The van der Waals surface area contributed by atoms with Crippen LogP contribution in [0.2, 0.25) is 6.32 Å². The van der Waals surface area contributed by atoms with Crippen LogP contribution in [0.1, 0.15) is 52.5 Å². The minimum atomic E-state index is -2.75. The van der Waals surface area contributed by atoms with E-state index in [4.69, 9.17) is 22.7 Å². The number of ether oxygens (including phenoxy) is 2. The number of pyridine rings is 1. The van der Waals surface area contributed by atoms with Gasteiger partial charge in [0.1, 0.15) is 23.1 Å². The van der Waals surface area contributed by atoms with E-state index in [1.807, 2.05) is 14.0 Å². The zero-order valence-electron chi connectivity index (χ0n) is 24.2. The fraction of sp³-hybridized carbons (Fsp3) is 0.429. The first-order valence-corrected chi connectivity index (χ1v) is 13.0. The predicted molar refractivity (Wildman–Crippen MR) is 155 cm³/mol. The van der Waals surface area contributed by atoms with E-state index >= 15 is 0 Å². The Labute approximate surface area is 266 Å². The van der Waals surface area contributed by atoms with E-state index in [1.54, 1.807) is 35.4 Å². The molecule has 4 rings (SSSR count). The van der Waals surface area contributed by atoms with Crippen molar-refractivity contribution < 1.29 is 49.4 Å². The number of halogens is 2. The van der Waals surface area contributed by atoms with Crippen molar-refractivity contribution in [3.05, 3.63) is 48.8 Å². The third-order valence-electron chi connectivity index (χ3n) is 5.32. The molecule has 1 aliphatic rings. The molecular weight excluding hydrogens is 753 g/mol. The van der Waals surface area contributed by atoms with Crippen molar-refractivity contribution in [2.24, 2.45) is 7.05 Å². The Morgan fingerprint density at radius 3 is 2.46 bits per heavy atom. The first-order chi connectivity index (χ1) is 19.0.